The molecule has 2 nitrogen and oxygen atoms in total. The number of hydrogen-bond acceptors (Lipinski definition) is 2. The van der Waals surface area contributed by atoms with Gasteiger partial charge in [-0.1, -0.05) is 206 Å². The van der Waals surface area contributed by atoms with Crippen LogP contribution in [0.25, 0.3) is 0 Å². The molecule has 0 amide bonds. The Morgan fingerprint density at radius 3 is 0.585 bits per heavy atom. The van der Waals surface area contributed by atoms with E-state index in [-0.39, 0.29) is 0 Å². The minimum atomic E-state index is 1.19. The second-order valence-electron chi connectivity index (χ2n) is 13.5. The first-order chi connectivity index (χ1) is 20.4. The second kappa shape index (κ2) is 39.9. The SMILES string of the molecule is CCCCCCCCCCCCCCCCCCNCCCNCCCCCCCCCCCCCCCCCC. The van der Waals surface area contributed by atoms with E-state index in [2.05, 4.69) is 24.5 Å². The number of hydrogen-bond donors (Lipinski definition) is 2. The average Bonchev–Trinajstić information content (AvgIpc) is 2.98. The maximum atomic E-state index is 3.65. The first kappa shape index (κ1) is 40.9. The molecule has 0 atom stereocenters. The van der Waals surface area contributed by atoms with E-state index in [0.29, 0.717) is 0 Å². The minimum Gasteiger partial charge on any atom is -0.317 e. The summed E-state index contributed by atoms with van der Waals surface area (Å²) in [6.07, 6.45) is 47.8. The standard InChI is InChI=1S/C39H82N2/c1-3-5-7-9-11-13-15-17-19-21-23-25-27-29-31-33-36-40-38-35-39-41-37-34-32-30-28-26-24-22-20-18-16-14-12-10-8-6-4-2/h40-41H,3-39H2,1-2H3. The third kappa shape index (κ3) is 39.9. The molecule has 248 valence electrons. The van der Waals surface area contributed by atoms with Gasteiger partial charge in [-0.2, -0.15) is 0 Å². The van der Waals surface area contributed by atoms with Crippen molar-refractivity contribution >= 4 is 0 Å². The van der Waals surface area contributed by atoms with Crippen molar-refractivity contribution in [1.29, 1.82) is 0 Å². The highest BCUT2D eigenvalue weighted by Crippen LogP contribution is 2.15. The van der Waals surface area contributed by atoms with Gasteiger partial charge >= 0.3 is 0 Å². The zero-order valence-corrected chi connectivity index (χ0v) is 29.2. The molecule has 0 heterocycles. The summed E-state index contributed by atoms with van der Waals surface area (Å²) < 4.78 is 0. The van der Waals surface area contributed by atoms with Crippen molar-refractivity contribution < 1.29 is 0 Å². The van der Waals surface area contributed by atoms with Gasteiger partial charge in [0.1, 0.15) is 0 Å². The molecule has 0 aromatic rings. The van der Waals surface area contributed by atoms with Crippen molar-refractivity contribution in [2.24, 2.45) is 0 Å². The van der Waals surface area contributed by atoms with E-state index in [1.54, 1.807) is 0 Å². The van der Waals surface area contributed by atoms with Crippen LogP contribution in [0.1, 0.15) is 226 Å². The van der Waals surface area contributed by atoms with E-state index < -0.39 is 0 Å². The lowest BCUT2D eigenvalue weighted by molar-refractivity contribution is 0.517. The van der Waals surface area contributed by atoms with Gasteiger partial charge < -0.3 is 10.6 Å². The molecular formula is C39H82N2. The molecule has 0 saturated heterocycles. The van der Waals surface area contributed by atoms with E-state index in [0.717, 1.165) is 0 Å². The van der Waals surface area contributed by atoms with Crippen molar-refractivity contribution in [3.05, 3.63) is 0 Å². The van der Waals surface area contributed by atoms with Crippen LogP contribution in [0.15, 0.2) is 0 Å². The minimum absolute atomic E-state index is 1.19. The highest BCUT2D eigenvalue weighted by molar-refractivity contribution is 4.55. The van der Waals surface area contributed by atoms with Crippen molar-refractivity contribution in [3.63, 3.8) is 0 Å². The van der Waals surface area contributed by atoms with Crippen LogP contribution >= 0.6 is 0 Å². The first-order valence-electron chi connectivity index (χ1n) is 19.8. The smallest absolute Gasteiger partial charge is 0.00368 e. The van der Waals surface area contributed by atoms with Crippen molar-refractivity contribution in [1.82, 2.24) is 10.6 Å². The Morgan fingerprint density at radius 2 is 0.366 bits per heavy atom. The third-order valence-electron chi connectivity index (χ3n) is 9.12. The van der Waals surface area contributed by atoms with Crippen LogP contribution in [-0.2, 0) is 0 Å². The number of rotatable bonds is 38. The van der Waals surface area contributed by atoms with Crippen LogP contribution in [0.5, 0.6) is 0 Å². The summed E-state index contributed by atoms with van der Waals surface area (Å²) in [6.45, 7) is 9.42. The lowest BCUT2D eigenvalue weighted by Crippen LogP contribution is -2.23. The predicted molar refractivity (Wildman–Crippen MR) is 189 cm³/mol. The van der Waals surface area contributed by atoms with E-state index >= 15 is 0 Å². The number of nitrogens with one attached hydrogen (secondary N) is 2. The lowest BCUT2D eigenvalue weighted by Gasteiger charge is -2.07. The monoisotopic (exact) mass is 579 g/mol. The van der Waals surface area contributed by atoms with Crippen molar-refractivity contribution in [2.75, 3.05) is 26.2 Å². The van der Waals surface area contributed by atoms with Crippen LogP contribution in [0.2, 0.25) is 0 Å². The Kier molecular flexibility index (Phi) is 39.8. The fourth-order valence-electron chi connectivity index (χ4n) is 6.18. The Bertz CT molecular complexity index is 386. The van der Waals surface area contributed by atoms with Gasteiger partial charge in [-0.15, -0.1) is 0 Å². The molecule has 41 heavy (non-hydrogen) atoms. The highest BCUT2D eigenvalue weighted by atomic mass is 14.9. The molecule has 0 saturated carbocycles. The van der Waals surface area contributed by atoms with Crippen LogP contribution in [-0.4, -0.2) is 26.2 Å². The van der Waals surface area contributed by atoms with Gasteiger partial charge in [0, 0.05) is 0 Å². The van der Waals surface area contributed by atoms with Crippen LogP contribution in [0.3, 0.4) is 0 Å². The zero-order chi connectivity index (χ0) is 29.6. The van der Waals surface area contributed by atoms with E-state index in [9.17, 15) is 0 Å². The maximum Gasteiger partial charge on any atom is -0.00368 e. The summed E-state index contributed by atoms with van der Waals surface area (Å²) in [5.41, 5.74) is 0. The van der Waals surface area contributed by atoms with Gasteiger partial charge in [-0.3, -0.25) is 0 Å². The lowest BCUT2D eigenvalue weighted by atomic mass is 10.0. The van der Waals surface area contributed by atoms with E-state index in [1.165, 1.54) is 238 Å². The summed E-state index contributed by atoms with van der Waals surface area (Å²) in [5.74, 6) is 0. The predicted octanol–water partition coefficient (Wildman–Crippen LogP) is 13.1. The molecule has 0 bridgehead atoms. The Hall–Kier alpha value is -0.0800. The summed E-state index contributed by atoms with van der Waals surface area (Å²) >= 11 is 0. The van der Waals surface area contributed by atoms with Crippen molar-refractivity contribution in [3.8, 4) is 0 Å². The third-order valence-corrected chi connectivity index (χ3v) is 9.12. The van der Waals surface area contributed by atoms with Gasteiger partial charge in [0.2, 0.25) is 0 Å². The molecule has 0 rings (SSSR count). The van der Waals surface area contributed by atoms with Gasteiger partial charge in [-0.25, -0.2) is 0 Å². The molecule has 0 aromatic heterocycles. The zero-order valence-electron chi connectivity index (χ0n) is 29.2. The van der Waals surface area contributed by atoms with E-state index in [4.69, 9.17) is 0 Å². The summed E-state index contributed by atoms with van der Waals surface area (Å²) in [6, 6.07) is 0. The van der Waals surface area contributed by atoms with Gasteiger partial charge in [0.05, 0.1) is 0 Å². The van der Waals surface area contributed by atoms with Crippen molar-refractivity contribution in [2.45, 2.75) is 226 Å². The molecular weight excluding hydrogens is 496 g/mol. The fraction of sp³-hybridized carbons (Fsp3) is 1.00. The van der Waals surface area contributed by atoms with Crippen LogP contribution < -0.4 is 10.6 Å². The van der Waals surface area contributed by atoms with Gasteiger partial charge in [0.15, 0.2) is 0 Å². The largest absolute Gasteiger partial charge is 0.317 e. The molecule has 0 spiro atoms. The van der Waals surface area contributed by atoms with Crippen LogP contribution in [0, 0.1) is 0 Å². The topological polar surface area (TPSA) is 24.1 Å². The normalized spacial score (nSPS) is 11.6. The van der Waals surface area contributed by atoms with E-state index in [1.807, 2.05) is 0 Å². The molecule has 0 unspecified atom stereocenters. The molecule has 2 heteroatoms. The Morgan fingerprint density at radius 1 is 0.195 bits per heavy atom. The fourth-order valence-corrected chi connectivity index (χ4v) is 6.18. The molecule has 0 aliphatic rings. The Balaban J connectivity index is 3.02. The molecule has 0 radical (unpaired) electrons. The maximum absolute atomic E-state index is 3.65. The quantitative estimate of drug-likeness (QED) is 0.0712. The van der Waals surface area contributed by atoms with Gasteiger partial charge in [0.25, 0.3) is 0 Å². The molecule has 0 aliphatic carbocycles. The first-order valence-corrected chi connectivity index (χ1v) is 19.8. The number of unbranched alkanes of at least 4 members (excludes halogenated alkanes) is 30. The molecule has 0 aliphatic heterocycles. The highest BCUT2D eigenvalue weighted by Gasteiger charge is 1.97. The second-order valence-corrected chi connectivity index (χ2v) is 13.5. The summed E-state index contributed by atoms with van der Waals surface area (Å²) in [5, 5.41) is 7.31. The Labute approximate surface area is 262 Å². The van der Waals surface area contributed by atoms with Gasteiger partial charge in [-0.05, 0) is 45.4 Å². The summed E-state index contributed by atoms with van der Waals surface area (Å²) in [4.78, 5) is 0. The molecule has 2 N–H and O–H groups in total. The average molecular weight is 579 g/mol. The summed E-state index contributed by atoms with van der Waals surface area (Å²) in [7, 11) is 0. The van der Waals surface area contributed by atoms with Crippen LogP contribution in [0.4, 0.5) is 0 Å². The molecule has 0 fully saturated rings. The molecule has 0 aromatic carbocycles.